The minimum Gasteiger partial charge on any atom is -0.481 e. The van der Waals surface area contributed by atoms with Crippen molar-refractivity contribution in [2.45, 2.75) is 51.4 Å². The number of hydrogen-bond donors (Lipinski definition) is 2. The van der Waals surface area contributed by atoms with Crippen LogP contribution in [0.25, 0.3) is 0 Å². The highest BCUT2D eigenvalue weighted by molar-refractivity contribution is 5.66. The first-order valence-electron chi connectivity index (χ1n) is 7.70. The summed E-state index contributed by atoms with van der Waals surface area (Å²) in [7, 11) is 0. The Labute approximate surface area is 132 Å². The molecule has 4 nitrogen and oxygen atoms in total. The SMILES string of the molecule is O=C(O)CCC=CCCC=CC=CC=CCCCCC(=O)O. The molecule has 0 aromatic carbocycles. The first-order chi connectivity index (χ1) is 10.6. The summed E-state index contributed by atoms with van der Waals surface area (Å²) in [5, 5.41) is 16.9. The largest absolute Gasteiger partial charge is 0.481 e. The predicted molar refractivity (Wildman–Crippen MR) is 88.8 cm³/mol. The standard InChI is InChI=1S/C18H26O4/c19-17(20)15-13-11-9-7-5-3-1-2-4-6-8-10-12-14-16-18(21)22/h1-5,7,10,12H,6,8-9,11,13-16H2,(H,19,20)(H,21,22). The van der Waals surface area contributed by atoms with E-state index < -0.39 is 11.9 Å². The molecule has 0 rings (SSSR count). The molecule has 0 bridgehead atoms. The van der Waals surface area contributed by atoms with E-state index in [0.717, 1.165) is 32.1 Å². The molecule has 0 aliphatic rings. The topological polar surface area (TPSA) is 74.6 Å². The summed E-state index contributed by atoms with van der Waals surface area (Å²) in [6.07, 6.45) is 21.3. The van der Waals surface area contributed by atoms with E-state index in [0.29, 0.717) is 6.42 Å². The summed E-state index contributed by atoms with van der Waals surface area (Å²) in [6.45, 7) is 0. The molecule has 0 saturated heterocycles. The molecule has 0 aromatic heterocycles. The average molecular weight is 306 g/mol. The molecule has 0 atom stereocenters. The van der Waals surface area contributed by atoms with Crippen LogP contribution >= 0.6 is 0 Å². The molecule has 0 aliphatic heterocycles. The molecule has 0 aliphatic carbocycles. The van der Waals surface area contributed by atoms with Gasteiger partial charge in [-0.3, -0.25) is 9.59 Å². The van der Waals surface area contributed by atoms with Crippen LogP contribution in [0.5, 0.6) is 0 Å². The van der Waals surface area contributed by atoms with E-state index in [1.54, 1.807) is 0 Å². The van der Waals surface area contributed by atoms with Crippen LogP contribution in [0.4, 0.5) is 0 Å². The molecule has 0 unspecified atom stereocenters. The predicted octanol–water partition coefficient (Wildman–Crippen LogP) is 4.50. The van der Waals surface area contributed by atoms with Gasteiger partial charge in [0.05, 0.1) is 0 Å². The number of carbonyl (C=O) groups is 2. The molecule has 0 saturated carbocycles. The zero-order chi connectivity index (χ0) is 16.5. The number of aliphatic carboxylic acids is 2. The van der Waals surface area contributed by atoms with Gasteiger partial charge in [0.25, 0.3) is 0 Å². The minimum absolute atomic E-state index is 0.192. The second-order valence-corrected chi connectivity index (χ2v) is 4.86. The van der Waals surface area contributed by atoms with Gasteiger partial charge in [0.15, 0.2) is 0 Å². The third-order valence-electron chi connectivity index (χ3n) is 2.81. The van der Waals surface area contributed by atoms with Gasteiger partial charge in [-0.15, -0.1) is 0 Å². The highest BCUT2D eigenvalue weighted by atomic mass is 16.4. The van der Waals surface area contributed by atoms with Gasteiger partial charge in [0.2, 0.25) is 0 Å². The average Bonchev–Trinajstić information content (AvgIpc) is 2.46. The van der Waals surface area contributed by atoms with Gasteiger partial charge in [-0.2, -0.15) is 0 Å². The van der Waals surface area contributed by atoms with E-state index in [4.69, 9.17) is 10.2 Å². The maximum absolute atomic E-state index is 10.3. The Bertz CT molecular complexity index is 417. The molecule has 0 heterocycles. The Morgan fingerprint density at radius 3 is 1.77 bits per heavy atom. The van der Waals surface area contributed by atoms with E-state index in [9.17, 15) is 9.59 Å². The fourth-order valence-electron chi connectivity index (χ4n) is 1.65. The van der Waals surface area contributed by atoms with Crippen molar-refractivity contribution in [1.29, 1.82) is 0 Å². The summed E-state index contributed by atoms with van der Waals surface area (Å²) >= 11 is 0. The van der Waals surface area contributed by atoms with Crippen LogP contribution in [-0.2, 0) is 9.59 Å². The Balaban J connectivity index is 3.48. The van der Waals surface area contributed by atoms with Gasteiger partial charge in [-0.1, -0.05) is 48.6 Å². The second kappa shape index (κ2) is 15.3. The summed E-state index contributed by atoms with van der Waals surface area (Å²) in [4.78, 5) is 20.6. The number of carboxylic acids is 2. The monoisotopic (exact) mass is 306 g/mol. The highest BCUT2D eigenvalue weighted by Crippen LogP contribution is 2.01. The highest BCUT2D eigenvalue weighted by Gasteiger charge is 1.93. The van der Waals surface area contributed by atoms with E-state index in [2.05, 4.69) is 6.08 Å². The van der Waals surface area contributed by atoms with Gasteiger partial charge in [0.1, 0.15) is 0 Å². The van der Waals surface area contributed by atoms with Crippen LogP contribution in [0.3, 0.4) is 0 Å². The fraction of sp³-hybridized carbons (Fsp3) is 0.444. The first kappa shape index (κ1) is 19.9. The van der Waals surface area contributed by atoms with Crippen molar-refractivity contribution in [3.05, 3.63) is 48.6 Å². The molecule has 0 radical (unpaired) electrons. The molecule has 4 heteroatoms. The van der Waals surface area contributed by atoms with Crippen molar-refractivity contribution < 1.29 is 19.8 Å². The van der Waals surface area contributed by atoms with E-state index in [1.807, 2.05) is 42.5 Å². The first-order valence-corrected chi connectivity index (χ1v) is 7.70. The number of rotatable bonds is 13. The van der Waals surface area contributed by atoms with Gasteiger partial charge in [-0.05, 0) is 38.5 Å². The third-order valence-corrected chi connectivity index (χ3v) is 2.81. The third kappa shape index (κ3) is 17.9. The molecule has 0 fully saturated rings. The Morgan fingerprint density at radius 2 is 1.14 bits per heavy atom. The number of carboxylic acid groups (broad SMARTS) is 2. The Kier molecular flexibility index (Phi) is 13.8. The zero-order valence-electron chi connectivity index (χ0n) is 13.0. The number of allylic oxidation sites excluding steroid dienone is 8. The number of hydrogen-bond acceptors (Lipinski definition) is 2. The van der Waals surface area contributed by atoms with E-state index in [-0.39, 0.29) is 12.8 Å². The maximum atomic E-state index is 10.3. The molecule has 0 aromatic rings. The minimum atomic E-state index is -0.760. The summed E-state index contributed by atoms with van der Waals surface area (Å²) in [5.41, 5.74) is 0. The Morgan fingerprint density at radius 1 is 0.591 bits per heavy atom. The van der Waals surface area contributed by atoms with Crippen LogP contribution in [0.15, 0.2) is 48.6 Å². The van der Waals surface area contributed by atoms with Gasteiger partial charge in [-0.25, -0.2) is 0 Å². The summed E-state index contributed by atoms with van der Waals surface area (Å²) in [5.74, 6) is -1.49. The van der Waals surface area contributed by atoms with E-state index >= 15 is 0 Å². The smallest absolute Gasteiger partial charge is 0.303 e. The number of unbranched alkanes of at least 4 members (excludes halogenated alkanes) is 3. The normalized spacial score (nSPS) is 12.2. The van der Waals surface area contributed by atoms with Crippen LogP contribution < -0.4 is 0 Å². The molecular weight excluding hydrogens is 280 g/mol. The molecule has 0 amide bonds. The van der Waals surface area contributed by atoms with Crippen molar-refractivity contribution >= 4 is 11.9 Å². The van der Waals surface area contributed by atoms with E-state index in [1.165, 1.54) is 0 Å². The van der Waals surface area contributed by atoms with Crippen LogP contribution in [0.2, 0.25) is 0 Å². The maximum Gasteiger partial charge on any atom is 0.303 e. The van der Waals surface area contributed by atoms with Gasteiger partial charge >= 0.3 is 11.9 Å². The van der Waals surface area contributed by atoms with Crippen LogP contribution in [0.1, 0.15) is 51.4 Å². The lowest BCUT2D eigenvalue weighted by atomic mass is 10.2. The molecule has 2 N–H and O–H groups in total. The quantitative estimate of drug-likeness (QED) is 0.298. The summed E-state index contributed by atoms with van der Waals surface area (Å²) in [6, 6.07) is 0. The van der Waals surface area contributed by atoms with Crippen molar-refractivity contribution in [3.63, 3.8) is 0 Å². The van der Waals surface area contributed by atoms with Gasteiger partial charge in [0, 0.05) is 12.8 Å². The lowest BCUT2D eigenvalue weighted by Gasteiger charge is -1.91. The molecule has 122 valence electrons. The van der Waals surface area contributed by atoms with Crippen molar-refractivity contribution in [2.75, 3.05) is 0 Å². The molecule has 0 spiro atoms. The molecular formula is C18H26O4. The molecule has 22 heavy (non-hydrogen) atoms. The van der Waals surface area contributed by atoms with Crippen LogP contribution in [-0.4, -0.2) is 22.2 Å². The lowest BCUT2D eigenvalue weighted by Crippen LogP contribution is -1.92. The van der Waals surface area contributed by atoms with Crippen molar-refractivity contribution in [3.8, 4) is 0 Å². The van der Waals surface area contributed by atoms with Gasteiger partial charge < -0.3 is 10.2 Å². The fourth-order valence-corrected chi connectivity index (χ4v) is 1.65. The van der Waals surface area contributed by atoms with Crippen molar-refractivity contribution in [2.24, 2.45) is 0 Å². The van der Waals surface area contributed by atoms with Crippen molar-refractivity contribution in [1.82, 2.24) is 0 Å². The van der Waals surface area contributed by atoms with Crippen LogP contribution in [0, 0.1) is 0 Å². The Hall–Kier alpha value is -2.10. The lowest BCUT2D eigenvalue weighted by molar-refractivity contribution is -0.138. The summed E-state index contributed by atoms with van der Waals surface area (Å²) < 4.78 is 0. The zero-order valence-corrected chi connectivity index (χ0v) is 13.0. The second-order valence-electron chi connectivity index (χ2n) is 4.86.